The fourth-order valence-corrected chi connectivity index (χ4v) is 4.87. The molecule has 3 aromatic heterocycles. The first-order valence-corrected chi connectivity index (χ1v) is 12.9. The first-order chi connectivity index (χ1) is 18.6. The number of hydrogen-bond donors (Lipinski definition) is 3. The molecule has 4 aromatic rings. The molecule has 4 heterocycles. The van der Waals surface area contributed by atoms with Gasteiger partial charge in [-0.1, -0.05) is 30.3 Å². The number of aromatic nitrogens is 5. The van der Waals surface area contributed by atoms with Gasteiger partial charge in [-0.05, 0) is 45.4 Å². The molecule has 1 atom stereocenters. The zero-order valence-corrected chi connectivity index (χ0v) is 22.5. The highest BCUT2D eigenvalue weighted by molar-refractivity contribution is 5.87. The Morgan fingerprint density at radius 3 is 2.41 bits per heavy atom. The number of nitrogens with one attached hydrogen (secondary N) is 2. The molecule has 0 radical (unpaired) electrons. The van der Waals surface area contributed by atoms with Crippen LogP contribution in [-0.4, -0.2) is 83.4 Å². The molecule has 0 bridgehead atoms. The number of aromatic amines is 1. The van der Waals surface area contributed by atoms with Crippen LogP contribution in [0.4, 0.5) is 22.4 Å². The van der Waals surface area contributed by atoms with E-state index in [0.29, 0.717) is 49.3 Å². The van der Waals surface area contributed by atoms with E-state index < -0.39 is 17.7 Å². The lowest BCUT2D eigenvalue weighted by molar-refractivity contribution is -0.138. The van der Waals surface area contributed by atoms with Gasteiger partial charge in [0.25, 0.3) is 0 Å². The molecule has 1 aromatic carbocycles. The van der Waals surface area contributed by atoms with E-state index in [1.165, 1.54) is 4.90 Å². The SMILES string of the molecule is Cc1cc(Nc2nc(N3CCN(C(=O)[C@@H](c4ccccc4)N(C(=O)O)C(C)(C)C)CC3)nn3cccc23)n[nH]1. The first-order valence-electron chi connectivity index (χ1n) is 12.9. The highest BCUT2D eigenvalue weighted by Crippen LogP contribution is 2.31. The van der Waals surface area contributed by atoms with Crippen molar-refractivity contribution in [1.29, 1.82) is 0 Å². The molecule has 204 valence electrons. The molecule has 12 nitrogen and oxygen atoms in total. The molecule has 3 N–H and O–H groups in total. The Balaban J connectivity index is 1.37. The second-order valence-corrected chi connectivity index (χ2v) is 10.6. The Labute approximate surface area is 226 Å². The topological polar surface area (TPSA) is 135 Å². The van der Waals surface area contributed by atoms with Gasteiger partial charge in [0.1, 0.15) is 11.6 Å². The lowest BCUT2D eigenvalue weighted by Gasteiger charge is -2.42. The van der Waals surface area contributed by atoms with E-state index in [1.807, 2.05) is 54.4 Å². The molecule has 5 rings (SSSR count). The molecule has 39 heavy (non-hydrogen) atoms. The smallest absolute Gasteiger partial charge is 0.408 e. The fourth-order valence-electron chi connectivity index (χ4n) is 4.87. The lowest BCUT2D eigenvalue weighted by atomic mass is 9.97. The maximum Gasteiger partial charge on any atom is 0.408 e. The van der Waals surface area contributed by atoms with Crippen molar-refractivity contribution in [3.63, 3.8) is 0 Å². The van der Waals surface area contributed by atoms with Gasteiger partial charge in [0, 0.05) is 49.7 Å². The summed E-state index contributed by atoms with van der Waals surface area (Å²) in [5.74, 6) is 1.57. The predicted molar refractivity (Wildman–Crippen MR) is 147 cm³/mol. The van der Waals surface area contributed by atoms with Gasteiger partial charge in [-0.15, -0.1) is 5.10 Å². The predicted octanol–water partition coefficient (Wildman–Crippen LogP) is 3.67. The number of nitrogens with zero attached hydrogens (tertiary/aromatic N) is 7. The molecule has 12 heteroatoms. The number of H-pyrrole nitrogens is 1. The van der Waals surface area contributed by atoms with Gasteiger partial charge in [0.2, 0.25) is 11.9 Å². The van der Waals surface area contributed by atoms with Crippen molar-refractivity contribution in [2.75, 3.05) is 36.4 Å². The Hall–Kier alpha value is -4.61. The Bertz CT molecular complexity index is 1470. The number of carbonyl (C=O) groups excluding carboxylic acids is 1. The van der Waals surface area contributed by atoms with E-state index in [1.54, 1.807) is 42.3 Å². The summed E-state index contributed by atoms with van der Waals surface area (Å²) in [6.45, 7) is 9.15. The number of carbonyl (C=O) groups is 2. The highest BCUT2D eigenvalue weighted by Gasteiger charge is 2.41. The van der Waals surface area contributed by atoms with Crippen molar-refractivity contribution in [3.8, 4) is 0 Å². The highest BCUT2D eigenvalue weighted by atomic mass is 16.4. The summed E-state index contributed by atoms with van der Waals surface area (Å²) in [5.41, 5.74) is 1.61. The summed E-state index contributed by atoms with van der Waals surface area (Å²) in [6, 6.07) is 13.9. The van der Waals surface area contributed by atoms with Crippen molar-refractivity contribution in [3.05, 3.63) is 66.0 Å². The van der Waals surface area contributed by atoms with Crippen LogP contribution in [0.15, 0.2) is 54.7 Å². The molecule has 1 aliphatic rings. The quantitative estimate of drug-likeness (QED) is 0.343. The van der Waals surface area contributed by atoms with Crippen LogP contribution in [0, 0.1) is 6.92 Å². The number of fused-ring (bicyclic) bond motifs is 1. The van der Waals surface area contributed by atoms with Gasteiger partial charge in [-0.2, -0.15) is 10.1 Å². The average Bonchev–Trinajstić information content (AvgIpc) is 3.55. The van der Waals surface area contributed by atoms with Crippen LogP contribution in [-0.2, 0) is 4.79 Å². The van der Waals surface area contributed by atoms with Crippen LogP contribution in [0.25, 0.3) is 5.52 Å². The normalized spacial score (nSPS) is 14.9. The Morgan fingerprint density at radius 2 is 1.79 bits per heavy atom. The fraction of sp³-hybridized carbons (Fsp3) is 0.370. The van der Waals surface area contributed by atoms with Crippen LogP contribution in [0.3, 0.4) is 0 Å². The van der Waals surface area contributed by atoms with E-state index in [-0.39, 0.29) is 5.91 Å². The van der Waals surface area contributed by atoms with Crippen molar-refractivity contribution < 1.29 is 14.7 Å². The van der Waals surface area contributed by atoms with Gasteiger partial charge >= 0.3 is 6.09 Å². The minimum Gasteiger partial charge on any atom is -0.465 e. The lowest BCUT2D eigenvalue weighted by Crippen LogP contribution is -2.56. The van der Waals surface area contributed by atoms with Crippen molar-refractivity contribution in [1.82, 2.24) is 34.6 Å². The molecule has 0 aliphatic carbocycles. The molecular weight excluding hydrogens is 498 g/mol. The molecule has 1 fully saturated rings. The number of carboxylic acid groups (broad SMARTS) is 1. The van der Waals surface area contributed by atoms with Gasteiger partial charge < -0.3 is 20.2 Å². The summed E-state index contributed by atoms with van der Waals surface area (Å²) in [7, 11) is 0. The summed E-state index contributed by atoms with van der Waals surface area (Å²) in [4.78, 5) is 36.0. The van der Waals surface area contributed by atoms with Gasteiger partial charge in [0.15, 0.2) is 11.6 Å². The van der Waals surface area contributed by atoms with Crippen LogP contribution < -0.4 is 10.2 Å². The molecular formula is C27H33N9O3. The van der Waals surface area contributed by atoms with Crippen molar-refractivity contribution in [2.24, 2.45) is 0 Å². The van der Waals surface area contributed by atoms with Crippen molar-refractivity contribution in [2.45, 2.75) is 39.3 Å². The third-order valence-corrected chi connectivity index (χ3v) is 6.74. The third-order valence-electron chi connectivity index (χ3n) is 6.74. The van der Waals surface area contributed by atoms with Gasteiger partial charge in [-0.3, -0.25) is 14.8 Å². The summed E-state index contributed by atoms with van der Waals surface area (Å²) >= 11 is 0. The summed E-state index contributed by atoms with van der Waals surface area (Å²) < 4.78 is 1.77. The van der Waals surface area contributed by atoms with E-state index in [0.717, 1.165) is 11.2 Å². The molecule has 0 spiro atoms. The Kier molecular flexibility index (Phi) is 6.85. The number of anilines is 3. The van der Waals surface area contributed by atoms with Gasteiger partial charge in [0.05, 0.1) is 0 Å². The van der Waals surface area contributed by atoms with E-state index in [2.05, 4.69) is 20.6 Å². The number of amides is 2. The second kappa shape index (κ2) is 10.3. The molecule has 0 saturated carbocycles. The number of aryl methyl sites for hydroxylation is 1. The zero-order valence-electron chi connectivity index (χ0n) is 22.5. The number of benzene rings is 1. The maximum absolute atomic E-state index is 13.9. The van der Waals surface area contributed by atoms with Crippen molar-refractivity contribution >= 4 is 35.1 Å². The van der Waals surface area contributed by atoms with Crippen LogP contribution in [0.5, 0.6) is 0 Å². The monoisotopic (exact) mass is 531 g/mol. The maximum atomic E-state index is 13.9. The third kappa shape index (κ3) is 5.35. The van der Waals surface area contributed by atoms with Crippen LogP contribution in [0.2, 0.25) is 0 Å². The number of rotatable bonds is 6. The molecule has 1 aliphatic heterocycles. The van der Waals surface area contributed by atoms with Crippen LogP contribution in [0.1, 0.15) is 38.1 Å². The van der Waals surface area contributed by atoms with E-state index >= 15 is 0 Å². The summed E-state index contributed by atoms with van der Waals surface area (Å²) in [5, 5.41) is 25.2. The van der Waals surface area contributed by atoms with E-state index in [9.17, 15) is 14.7 Å². The second-order valence-electron chi connectivity index (χ2n) is 10.6. The first kappa shape index (κ1) is 26.0. The number of piperazine rings is 1. The van der Waals surface area contributed by atoms with Gasteiger partial charge in [-0.25, -0.2) is 9.31 Å². The summed E-state index contributed by atoms with van der Waals surface area (Å²) in [6.07, 6.45) is 0.725. The Morgan fingerprint density at radius 1 is 1.08 bits per heavy atom. The standard InChI is InChI=1S/C27H33N9O3/c1-18-17-21(31-30-18)28-23-20-11-8-12-35(20)32-25(29-23)34-15-13-33(14-16-34)24(37)22(19-9-6-5-7-10-19)36(26(38)39)27(2,3)4/h5-12,17,22H,13-16H2,1-4H3,(H,38,39)(H2,28,29,30,31,32)/t22-/m1/s1. The number of hydrogen-bond acceptors (Lipinski definition) is 7. The molecule has 2 amide bonds. The molecule has 0 unspecified atom stereocenters. The van der Waals surface area contributed by atoms with E-state index in [4.69, 9.17) is 4.98 Å². The largest absolute Gasteiger partial charge is 0.465 e. The van der Waals surface area contributed by atoms with Crippen LogP contribution >= 0.6 is 0 Å². The molecule has 1 saturated heterocycles. The average molecular weight is 532 g/mol. The minimum atomic E-state index is -1.14. The zero-order chi connectivity index (χ0) is 27.7. The minimum absolute atomic E-state index is 0.240.